The Labute approximate surface area is 320 Å². The number of aromatic nitrogens is 2. The number of carbonyl (C=O) groups excluding carboxylic acids is 2. The molecule has 0 aliphatic carbocycles. The third-order valence-electron chi connectivity index (χ3n) is 10.9. The summed E-state index contributed by atoms with van der Waals surface area (Å²) in [6.07, 6.45) is 1.01. The number of amides is 2. The van der Waals surface area contributed by atoms with Crippen molar-refractivity contribution in [3.05, 3.63) is 141 Å². The smallest absolute Gasteiger partial charge is 0.328 e. The summed E-state index contributed by atoms with van der Waals surface area (Å²) >= 11 is 0. The quantitative estimate of drug-likeness (QED) is 0.122. The fraction of sp³-hybridized carbons (Fsp3) is 0.372. The monoisotopic (exact) mass is 747 g/mol. The van der Waals surface area contributed by atoms with E-state index < -0.39 is 24.3 Å². The van der Waals surface area contributed by atoms with Crippen LogP contribution < -0.4 is 16.3 Å². The van der Waals surface area contributed by atoms with Crippen LogP contribution in [0.3, 0.4) is 0 Å². The normalized spacial score (nSPS) is 21.2. The predicted octanol–water partition coefficient (Wildman–Crippen LogP) is 5.53. The predicted molar refractivity (Wildman–Crippen MR) is 208 cm³/mol. The number of aromatic amines is 1. The minimum absolute atomic E-state index is 0.0290. The van der Waals surface area contributed by atoms with Gasteiger partial charge in [-0.2, -0.15) is 0 Å². The van der Waals surface area contributed by atoms with E-state index in [2.05, 4.69) is 27.4 Å². The third-order valence-corrected chi connectivity index (χ3v) is 10.9. The zero-order chi connectivity index (χ0) is 38.3. The number of nitrogens with zero attached hydrogens (tertiary/aromatic N) is 2. The lowest BCUT2D eigenvalue weighted by molar-refractivity contribution is -0.276. The molecule has 3 heterocycles. The molecule has 2 aliphatic rings. The molecule has 1 aromatic heterocycles. The highest BCUT2D eigenvalue weighted by molar-refractivity contribution is 5.83. The van der Waals surface area contributed by atoms with Gasteiger partial charge in [0.05, 0.1) is 37.0 Å². The van der Waals surface area contributed by atoms with Gasteiger partial charge in [0.2, 0.25) is 0 Å². The van der Waals surface area contributed by atoms with Crippen LogP contribution in [0, 0.1) is 5.92 Å². The second-order valence-corrected chi connectivity index (χ2v) is 14.5. The number of carbonyl (C=O) groups is 2. The number of hydrogen-bond donors (Lipinski definition) is 4. The van der Waals surface area contributed by atoms with Gasteiger partial charge in [-0.15, -0.1) is 0 Å². The molecular weight excluding hydrogens is 699 g/mol. The number of esters is 1. The molecule has 0 radical (unpaired) electrons. The van der Waals surface area contributed by atoms with E-state index >= 15 is 0 Å². The molecule has 5 atom stereocenters. The zero-order valence-corrected chi connectivity index (χ0v) is 31.2. The van der Waals surface area contributed by atoms with E-state index in [-0.39, 0.29) is 43.0 Å². The first-order valence-corrected chi connectivity index (χ1v) is 19.0. The summed E-state index contributed by atoms with van der Waals surface area (Å²) in [7, 11) is 1.30. The van der Waals surface area contributed by atoms with Gasteiger partial charge >= 0.3 is 17.7 Å². The molecule has 55 heavy (non-hydrogen) atoms. The van der Waals surface area contributed by atoms with E-state index in [1.54, 1.807) is 0 Å². The summed E-state index contributed by atoms with van der Waals surface area (Å²) in [6.45, 7) is 4.78. The number of aliphatic hydroxyl groups is 1. The largest absolute Gasteiger partial charge is 0.467 e. The number of urea groups is 1. The lowest BCUT2D eigenvalue weighted by atomic mass is 9.89. The topological polar surface area (TPSA) is 147 Å². The van der Waals surface area contributed by atoms with Gasteiger partial charge in [-0.3, -0.25) is 4.57 Å². The maximum absolute atomic E-state index is 12.9. The van der Waals surface area contributed by atoms with Crippen molar-refractivity contribution in [2.45, 2.75) is 69.9 Å². The molecule has 4 aromatic carbocycles. The van der Waals surface area contributed by atoms with Gasteiger partial charge in [0.25, 0.3) is 0 Å². The van der Waals surface area contributed by atoms with E-state index in [0.29, 0.717) is 6.42 Å². The first-order valence-electron chi connectivity index (χ1n) is 19.0. The number of hydrogen-bond acceptors (Lipinski definition) is 8. The van der Waals surface area contributed by atoms with Gasteiger partial charge in [0.15, 0.2) is 6.29 Å². The Bertz CT molecular complexity index is 2090. The Morgan fingerprint density at radius 3 is 2.25 bits per heavy atom. The standard InChI is InChI=1S/C43H49N5O7/c1-28-38(26-47-22-20-34(21-23-47)48-37-11-7-6-10-35(37)46-43(48)52)54-41(55-39(28)32-16-14-31(27-49)15-17-32)33-18-12-30(13-19-33)25-44-42(51)45-36(40(50)53-2)24-29-8-4-3-5-9-29/h3-19,28,34,36,38-39,41,49H,20-27H2,1-2H3,(H,46,52)(H2,44,45,51)/t28-,36+,38+,39+,41+/m1/s1. The van der Waals surface area contributed by atoms with E-state index in [1.807, 2.05) is 108 Å². The first kappa shape index (κ1) is 38.0. The number of fused-ring (bicyclic) bond motifs is 1. The van der Waals surface area contributed by atoms with Crippen molar-refractivity contribution in [2.75, 3.05) is 26.7 Å². The summed E-state index contributed by atoms with van der Waals surface area (Å²) in [6, 6.07) is 31.8. The summed E-state index contributed by atoms with van der Waals surface area (Å²) in [5.74, 6) is -0.485. The van der Waals surface area contributed by atoms with Crippen molar-refractivity contribution >= 4 is 23.0 Å². The molecule has 7 rings (SSSR count). The Kier molecular flexibility index (Phi) is 12.1. The van der Waals surface area contributed by atoms with Gasteiger partial charge in [-0.05, 0) is 47.2 Å². The second-order valence-electron chi connectivity index (χ2n) is 14.5. The molecule has 0 spiro atoms. The Morgan fingerprint density at radius 2 is 1.55 bits per heavy atom. The van der Waals surface area contributed by atoms with Gasteiger partial charge in [-0.1, -0.05) is 97.9 Å². The number of likely N-dealkylation sites (tertiary alicyclic amines) is 1. The fourth-order valence-electron chi connectivity index (χ4n) is 7.75. The van der Waals surface area contributed by atoms with E-state index in [4.69, 9.17) is 14.2 Å². The average Bonchev–Trinajstić information content (AvgIpc) is 3.56. The molecule has 12 heteroatoms. The number of para-hydroxylation sites is 2. The number of H-pyrrole nitrogens is 1. The molecule has 4 N–H and O–H groups in total. The van der Waals surface area contributed by atoms with Crippen LogP contribution in [0.1, 0.15) is 66.0 Å². The lowest BCUT2D eigenvalue weighted by Gasteiger charge is -2.44. The van der Waals surface area contributed by atoms with Crippen LogP contribution in [0.15, 0.2) is 108 Å². The number of ether oxygens (including phenoxy) is 3. The van der Waals surface area contributed by atoms with Crippen LogP contribution in [0.2, 0.25) is 0 Å². The summed E-state index contributed by atoms with van der Waals surface area (Å²) in [5, 5.41) is 15.2. The van der Waals surface area contributed by atoms with Crippen LogP contribution in [-0.4, -0.2) is 70.4 Å². The maximum Gasteiger partial charge on any atom is 0.328 e. The Hall–Kier alpha value is -5.27. The van der Waals surface area contributed by atoms with Crippen molar-refractivity contribution in [2.24, 2.45) is 5.92 Å². The molecule has 12 nitrogen and oxygen atoms in total. The van der Waals surface area contributed by atoms with Gasteiger partial charge in [0.1, 0.15) is 6.04 Å². The third kappa shape index (κ3) is 9.00. The Balaban J connectivity index is 1.00. The van der Waals surface area contributed by atoms with Crippen molar-refractivity contribution < 1.29 is 28.9 Å². The molecule has 2 aliphatic heterocycles. The SMILES string of the molecule is COC(=O)[C@H](Cc1ccccc1)NC(=O)NCc1ccc([C@H]2O[C@@H](CN3CCC(n4c(=O)[nH]c5ccccc54)CC3)[C@@H](C)[C@@H](c3ccc(CO)cc3)O2)cc1. The molecule has 0 unspecified atom stereocenters. The van der Waals surface area contributed by atoms with Crippen molar-refractivity contribution in [3.63, 3.8) is 0 Å². The maximum atomic E-state index is 12.9. The number of aliphatic hydroxyl groups excluding tert-OH is 1. The van der Waals surface area contributed by atoms with E-state index in [1.165, 1.54) is 7.11 Å². The number of imidazole rings is 1. The van der Waals surface area contributed by atoms with Crippen LogP contribution in [0.25, 0.3) is 11.0 Å². The van der Waals surface area contributed by atoms with Crippen LogP contribution in [0.5, 0.6) is 0 Å². The molecule has 2 fully saturated rings. The van der Waals surface area contributed by atoms with Gasteiger partial charge in [0, 0.05) is 50.1 Å². The van der Waals surface area contributed by atoms with Gasteiger partial charge in [-0.25, -0.2) is 14.4 Å². The minimum atomic E-state index is -0.825. The molecule has 2 saturated heterocycles. The summed E-state index contributed by atoms with van der Waals surface area (Å²) in [4.78, 5) is 43.6. The minimum Gasteiger partial charge on any atom is -0.467 e. The average molecular weight is 748 g/mol. The highest BCUT2D eigenvalue weighted by Gasteiger charge is 2.39. The van der Waals surface area contributed by atoms with E-state index in [0.717, 1.165) is 71.3 Å². The highest BCUT2D eigenvalue weighted by Crippen LogP contribution is 2.42. The van der Waals surface area contributed by atoms with Crippen LogP contribution in [0.4, 0.5) is 4.79 Å². The number of nitrogens with one attached hydrogen (secondary N) is 3. The number of benzene rings is 4. The number of methoxy groups -OCH3 is 1. The van der Waals surface area contributed by atoms with Crippen molar-refractivity contribution in [3.8, 4) is 0 Å². The van der Waals surface area contributed by atoms with Gasteiger partial charge < -0.3 is 39.8 Å². The molecular formula is C43H49N5O7. The zero-order valence-electron chi connectivity index (χ0n) is 31.2. The molecule has 2 amide bonds. The summed E-state index contributed by atoms with van der Waals surface area (Å²) < 4.78 is 20.3. The van der Waals surface area contributed by atoms with Crippen molar-refractivity contribution in [1.82, 2.24) is 25.1 Å². The fourth-order valence-corrected chi connectivity index (χ4v) is 7.75. The summed E-state index contributed by atoms with van der Waals surface area (Å²) in [5.41, 5.74) is 6.23. The number of piperidine rings is 1. The first-order chi connectivity index (χ1) is 26.8. The lowest BCUT2D eigenvalue weighted by Crippen LogP contribution is -2.47. The second kappa shape index (κ2) is 17.5. The molecule has 0 saturated carbocycles. The van der Waals surface area contributed by atoms with Crippen molar-refractivity contribution in [1.29, 1.82) is 0 Å². The molecule has 0 bridgehead atoms. The molecule has 288 valence electrons. The van der Waals surface area contributed by atoms with Crippen LogP contribution in [-0.2, 0) is 38.6 Å². The van der Waals surface area contributed by atoms with E-state index in [9.17, 15) is 19.5 Å². The highest BCUT2D eigenvalue weighted by atomic mass is 16.7. The molecule has 5 aromatic rings. The Morgan fingerprint density at radius 1 is 0.873 bits per heavy atom. The van der Waals surface area contributed by atoms with Crippen LogP contribution >= 0.6 is 0 Å². The number of rotatable bonds is 12.